The second-order valence-corrected chi connectivity index (χ2v) is 4.53. The molecule has 18 heavy (non-hydrogen) atoms. The van der Waals surface area contributed by atoms with Gasteiger partial charge in [0.05, 0.1) is 11.3 Å². The molecule has 0 fully saturated rings. The third-order valence-corrected chi connectivity index (χ3v) is 3.02. The largest absolute Gasteiger partial charge is 0.303 e. The van der Waals surface area contributed by atoms with Gasteiger partial charge in [-0.15, -0.1) is 0 Å². The molecule has 96 valence electrons. The summed E-state index contributed by atoms with van der Waals surface area (Å²) in [5.74, 6) is 0.542. The number of aryl methyl sites for hydroxylation is 2. The van der Waals surface area contributed by atoms with E-state index in [1.165, 1.54) is 4.68 Å². The minimum Gasteiger partial charge on any atom is -0.303 e. The lowest BCUT2D eigenvalue weighted by Gasteiger charge is -2.07. The van der Waals surface area contributed by atoms with Crippen LogP contribution in [-0.4, -0.2) is 24.5 Å². The van der Waals surface area contributed by atoms with Crippen molar-refractivity contribution in [1.82, 2.24) is 24.5 Å². The van der Waals surface area contributed by atoms with E-state index in [1.54, 1.807) is 17.7 Å². The summed E-state index contributed by atoms with van der Waals surface area (Å²) in [6, 6.07) is 1.74. The second-order valence-electron chi connectivity index (χ2n) is 4.14. The molecule has 0 bridgehead atoms. The highest BCUT2D eigenvalue weighted by Gasteiger charge is 2.13. The Balaban J connectivity index is 2.68. The maximum Gasteiger partial charge on any atom is 0.277 e. The first-order valence-corrected chi connectivity index (χ1v) is 6.16. The fourth-order valence-electron chi connectivity index (χ4n) is 1.79. The van der Waals surface area contributed by atoms with Crippen LogP contribution in [0.15, 0.2) is 10.9 Å². The van der Waals surface area contributed by atoms with Crippen molar-refractivity contribution < 1.29 is 0 Å². The summed E-state index contributed by atoms with van der Waals surface area (Å²) in [7, 11) is 1.78. The van der Waals surface area contributed by atoms with Gasteiger partial charge in [0.2, 0.25) is 0 Å². The van der Waals surface area contributed by atoms with Crippen molar-refractivity contribution >= 4 is 12.2 Å². The molecule has 0 saturated heterocycles. The molecule has 0 unspecified atom stereocenters. The number of aromatic amines is 1. The molecule has 0 aliphatic rings. The van der Waals surface area contributed by atoms with Gasteiger partial charge in [0.25, 0.3) is 5.56 Å². The van der Waals surface area contributed by atoms with Crippen LogP contribution in [0.5, 0.6) is 0 Å². The normalized spacial score (nSPS) is 10.8. The number of nitrogens with zero attached hydrogens (tertiary/aromatic N) is 4. The number of nitrogens with one attached hydrogen (secondary N) is 1. The van der Waals surface area contributed by atoms with Crippen molar-refractivity contribution in [3.05, 3.63) is 26.9 Å². The van der Waals surface area contributed by atoms with Crippen LogP contribution >= 0.6 is 12.2 Å². The van der Waals surface area contributed by atoms with Crippen LogP contribution < -0.4 is 5.56 Å². The Kier molecular flexibility index (Phi) is 3.42. The summed E-state index contributed by atoms with van der Waals surface area (Å²) in [5, 5.41) is 11.0. The molecule has 7 heteroatoms. The zero-order chi connectivity index (χ0) is 13.3. The molecule has 1 N–H and O–H groups in total. The highest BCUT2D eigenvalue weighted by atomic mass is 32.1. The molecular weight excluding hydrogens is 250 g/mol. The maximum atomic E-state index is 12.3. The Hall–Kier alpha value is -1.76. The number of rotatable bonds is 3. The van der Waals surface area contributed by atoms with Crippen molar-refractivity contribution in [3.63, 3.8) is 0 Å². The highest BCUT2D eigenvalue weighted by Crippen LogP contribution is 2.12. The molecule has 0 aromatic carbocycles. The van der Waals surface area contributed by atoms with Gasteiger partial charge in [0.15, 0.2) is 10.6 Å². The summed E-state index contributed by atoms with van der Waals surface area (Å²) in [6.07, 6.45) is 0.856. The molecule has 0 aliphatic carbocycles. The molecule has 0 radical (unpaired) electrons. The number of hydrogen-bond acceptors (Lipinski definition) is 4. The van der Waals surface area contributed by atoms with Crippen molar-refractivity contribution in [2.75, 3.05) is 0 Å². The Morgan fingerprint density at radius 1 is 1.50 bits per heavy atom. The standard InChI is InChI=1S/C11H15N5OS/c1-4-5-16-10(17)8(6-7(2)14-16)9-12-13-11(18)15(9)3/h6H,4-5H2,1-3H3,(H,13,18). The minimum absolute atomic E-state index is 0.139. The molecule has 0 spiro atoms. The predicted molar refractivity (Wildman–Crippen MR) is 70.9 cm³/mol. The summed E-state index contributed by atoms with van der Waals surface area (Å²) < 4.78 is 3.64. The van der Waals surface area contributed by atoms with Crippen molar-refractivity contribution in [3.8, 4) is 11.4 Å². The van der Waals surface area contributed by atoms with E-state index in [1.807, 2.05) is 13.8 Å². The minimum atomic E-state index is -0.139. The monoisotopic (exact) mass is 265 g/mol. The van der Waals surface area contributed by atoms with Gasteiger partial charge in [-0.2, -0.15) is 10.2 Å². The molecule has 6 nitrogen and oxygen atoms in total. The van der Waals surface area contributed by atoms with Crippen LogP contribution in [0.3, 0.4) is 0 Å². The molecular formula is C11H15N5OS. The van der Waals surface area contributed by atoms with E-state index in [-0.39, 0.29) is 5.56 Å². The van der Waals surface area contributed by atoms with E-state index in [0.29, 0.717) is 22.7 Å². The summed E-state index contributed by atoms with van der Waals surface area (Å²) in [4.78, 5) is 12.3. The van der Waals surface area contributed by atoms with E-state index in [9.17, 15) is 4.79 Å². The molecule has 0 amide bonds. The van der Waals surface area contributed by atoms with Gasteiger partial charge < -0.3 is 4.57 Å². The third-order valence-electron chi connectivity index (χ3n) is 2.65. The molecule has 2 heterocycles. The van der Waals surface area contributed by atoms with Crippen molar-refractivity contribution in [2.45, 2.75) is 26.8 Å². The second kappa shape index (κ2) is 4.85. The lowest BCUT2D eigenvalue weighted by molar-refractivity contribution is 0.561. The summed E-state index contributed by atoms with van der Waals surface area (Å²) in [5.41, 5.74) is 1.16. The van der Waals surface area contributed by atoms with Crippen molar-refractivity contribution in [2.24, 2.45) is 7.05 Å². The Morgan fingerprint density at radius 2 is 2.22 bits per heavy atom. The van der Waals surface area contributed by atoms with E-state index < -0.39 is 0 Å². The SMILES string of the molecule is CCCn1nc(C)cc(-c2n[nH]c(=S)n2C)c1=O. The van der Waals surface area contributed by atoms with Gasteiger partial charge in [-0.1, -0.05) is 6.92 Å². The van der Waals surface area contributed by atoms with E-state index in [2.05, 4.69) is 15.3 Å². The van der Waals surface area contributed by atoms with Crippen LogP contribution in [0.4, 0.5) is 0 Å². The maximum absolute atomic E-state index is 12.3. The lowest BCUT2D eigenvalue weighted by atomic mass is 10.2. The Labute approximate surface area is 109 Å². The molecule has 2 aromatic rings. The van der Waals surface area contributed by atoms with Crippen LogP contribution in [0.25, 0.3) is 11.4 Å². The smallest absolute Gasteiger partial charge is 0.277 e. The topological polar surface area (TPSA) is 68.5 Å². The third kappa shape index (κ3) is 2.13. The lowest BCUT2D eigenvalue weighted by Crippen LogP contribution is -2.25. The molecule has 2 rings (SSSR count). The average molecular weight is 265 g/mol. The first-order valence-electron chi connectivity index (χ1n) is 5.75. The fraction of sp³-hybridized carbons (Fsp3) is 0.455. The van der Waals surface area contributed by atoms with Gasteiger partial charge in [0.1, 0.15) is 0 Å². The average Bonchev–Trinajstić information content (AvgIpc) is 2.65. The number of aromatic nitrogens is 5. The van der Waals surface area contributed by atoms with Crippen LogP contribution in [0.2, 0.25) is 0 Å². The zero-order valence-electron chi connectivity index (χ0n) is 10.6. The highest BCUT2D eigenvalue weighted by molar-refractivity contribution is 7.71. The summed E-state index contributed by atoms with van der Waals surface area (Å²) >= 11 is 5.05. The molecule has 0 aliphatic heterocycles. The zero-order valence-corrected chi connectivity index (χ0v) is 11.4. The predicted octanol–water partition coefficient (Wildman–Crippen LogP) is 1.42. The van der Waals surface area contributed by atoms with E-state index >= 15 is 0 Å². The van der Waals surface area contributed by atoms with Gasteiger partial charge in [0, 0.05) is 13.6 Å². The number of hydrogen-bond donors (Lipinski definition) is 1. The number of H-pyrrole nitrogens is 1. The first kappa shape index (κ1) is 12.7. The van der Waals surface area contributed by atoms with E-state index in [4.69, 9.17) is 12.2 Å². The van der Waals surface area contributed by atoms with Gasteiger partial charge >= 0.3 is 0 Å². The van der Waals surface area contributed by atoms with Gasteiger partial charge in [-0.3, -0.25) is 9.89 Å². The summed E-state index contributed by atoms with van der Waals surface area (Å²) in [6.45, 7) is 4.46. The van der Waals surface area contributed by atoms with Gasteiger partial charge in [-0.05, 0) is 31.6 Å². The Bertz CT molecular complexity index is 681. The van der Waals surface area contributed by atoms with Crippen LogP contribution in [0, 0.1) is 11.7 Å². The fourth-order valence-corrected chi connectivity index (χ4v) is 1.92. The molecule has 0 atom stereocenters. The first-order chi connectivity index (χ1) is 8.54. The Morgan fingerprint density at radius 3 is 2.78 bits per heavy atom. The van der Waals surface area contributed by atoms with Gasteiger partial charge in [-0.25, -0.2) is 4.68 Å². The van der Waals surface area contributed by atoms with Crippen LogP contribution in [0.1, 0.15) is 19.0 Å². The van der Waals surface area contributed by atoms with Crippen LogP contribution in [-0.2, 0) is 13.6 Å². The van der Waals surface area contributed by atoms with E-state index in [0.717, 1.165) is 12.1 Å². The molecule has 2 aromatic heterocycles. The quantitative estimate of drug-likeness (QED) is 0.852. The molecule has 0 saturated carbocycles. The van der Waals surface area contributed by atoms with Crippen molar-refractivity contribution in [1.29, 1.82) is 0 Å².